The number of hydrogen-bond acceptors (Lipinski definition) is 11. The van der Waals surface area contributed by atoms with Crippen LogP contribution < -0.4 is 9.47 Å². The fourth-order valence-electron chi connectivity index (χ4n) is 10.0. The standard InChI is InChI=1S/C48H65NO11S2/c1-30(2)26-49(62(54,55)36-17-15-34(56-6)16-18-36)27-40(50)33(24-43(51)60-41-29-59-48(5)39(41)20-22-58-48)23-31-11-13-35(14-12-31)57-28-32-9-7-8-10-37(32)45-44(46(52)53)38-25-47(3,4)21-19-42(38)61-45/h11-18,30,32-33,37,39-41,50H,7-10,19-29H2,1-6H3,(H,52,53)/t32-,33-,37-,39+,40-,41+,48-/m1/s1. The minimum Gasteiger partial charge on any atom is -0.497 e. The summed E-state index contributed by atoms with van der Waals surface area (Å²) in [5, 5.41) is 22.4. The van der Waals surface area contributed by atoms with Gasteiger partial charge in [0.25, 0.3) is 0 Å². The molecule has 1 aromatic heterocycles. The number of benzene rings is 2. The monoisotopic (exact) mass is 895 g/mol. The summed E-state index contributed by atoms with van der Waals surface area (Å²) in [6.07, 6.45) is 6.00. The number of sulfonamides is 1. The number of nitrogens with zero attached hydrogens (tertiary/aromatic N) is 1. The Morgan fingerprint density at radius 2 is 1.68 bits per heavy atom. The van der Waals surface area contributed by atoms with Crippen LogP contribution in [-0.2, 0) is 48.3 Å². The molecule has 2 saturated heterocycles. The molecule has 2 aliphatic heterocycles. The second-order valence-electron chi connectivity index (χ2n) is 19.2. The van der Waals surface area contributed by atoms with Gasteiger partial charge >= 0.3 is 11.9 Å². The highest BCUT2D eigenvalue weighted by Gasteiger charge is 2.53. The van der Waals surface area contributed by atoms with Crippen LogP contribution in [-0.4, -0.2) is 92.9 Å². The lowest BCUT2D eigenvalue weighted by Gasteiger charge is -2.31. The van der Waals surface area contributed by atoms with Crippen molar-refractivity contribution in [2.45, 2.75) is 128 Å². The number of ether oxygens (including phenoxy) is 5. The van der Waals surface area contributed by atoms with Crippen molar-refractivity contribution >= 4 is 33.3 Å². The van der Waals surface area contributed by atoms with Crippen LogP contribution in [0.15, 0.2) is 53.4 Å². The maximum Gasteiger partial charge on any atom is 0.337 e. The van der Waals surface area contributed by atoms with E-state index in [0.717, 1.165) is 60.9 Å². The molecule has 0 amide bonds. The van der Waals surface area contributed by atoms with Crippen molar-refractivity contribution in [2.24, 2.45) is 29.1 Å². The van der Waals surface area contributed by atoms with Crippen molar-refractivity contribution in [3.05, 3.63) is 75.0 Å². The number of hydrogen-bond donors (Lipinski definition) is 2. The summed E-state index contributed by atoms with van der Waals surface area (Å²) >= 11 is 1.71. The molecule has 0 spiro atoms. The molecule has 2 aromatic carbocycles. The molecule has 14 heteroatoms. The Morgan fingerprint density at radius 3 is 2.37 bits per heavy atom. The molecule has 12 nitrogen and oxygen atoms in total. The molecule has 3 heterocycles. The molecule has 7 atom stereocenters. The maximum atomic E-state index is 14.0. The number of carboxylic acid groups (broad SMARTS) is 1. The number of carbonyl (C=O) groups excluding carboxylic acids is 1. The van der Waals surface area contributed by atoms with Gasteiger partial charge in [-0.05, 0) is 111 Å². The number of esters is 1. The summed E-state index contributed by atoms with van der Waals surface area (Å²) in [4.78, 5) is 28.8. The summed E-state index contributed by atoms with van der Waals surface area (Å²) in [7, 11) is -2.50. The van der Waals surface area contributed by atoms with E-state index >= 15 is 0 Å². The zero-order valence-corrected chi connectivity index (χ0v) is 38.7. The topological polar surface area (TPSA) is 158 Å². The number of rotatable bonds is 18. The zero-order valence-electron chi connectivity index (χ0n) is 37.1. The lowest BCUT2D eigenvalue weighted by molar-refractivity contribution is -0.181. The van der Waals surface area contributed by atoms with Crippen molar-refractivity contribution < 1.29 is 51.9 Å². The molecule has 340 valence electrons. The van der Waals surface area contributed by atoms with Crippen molar-refractivity contribution in [2.75, 3.05) is 40.0 Å². The molecule has 0 radical (unpaired) electrons. The van der Waals surface area contributed by atoms with Crippen LogP contribution in [0.2, 0.25) is 0 Å². The van der Waals surface area contributed by atoms with E-state index in [1.807, 2.05) is 45.0 Å². The number of aryl methyl sites for hydroxylation is 1. The highest BCUT2D eigenvalue weighted by atomic mass is 32.2. The molecular formula is C48H65NO11S2. The minimum atomic E-state index is -4.02. The number of aliphatic hydroxyl groups is 1. The number of aliphatic hydroxyl groups excluding tert-OH is 1. The number of carbonyl (C=O) groups is 2. The number of thiophene rings is 1. The first kappa shape index (κ1) is 46.5. The Labute approximate surface area is 371 Å². The summed E-state index contributed by atoms with van der Waals surface area (Å²) in [5.74, 6) is -1.40. The molecule has 0 unspecified atom stereocenters. The van der Waals surface area contributed by atoms with Crippen LogP contribution in [0.1, 0.15) is 117 Å². The van der Waals surface area contributed by atoms with E-state index in [4.69, 9.17) is 23.7 Å². The van der Waals surface area contributed by atoms with Gasteiger partial charge in [0.1, 0.15) is 17.6 Å². The summed E-state index contributed by atoms with van der Waals surface area (Å²) in [5.41, 5.74) is 2.51. The fourth-order valence-corrected chi connectivity index (χ4v) is 13.2. The highest BCUT2D eigenvalue weighted by Crippen LogP contribution is 2.49. The average molecular weight is 896 g/mol. The molecule has 2 N–H and O–H groups in total. The Morgan fingerprint density at radius 1 is 0.968 bits per heavy atom. The lowest BCUT2D eigenvalue weighted by atomic mass is 9.74. The first-order valence-corrected chi connectivity index (χ1v) is 24.6. The van der Waals surface area contributed by atoms with Gasteiger partial charge in [-0.15, -0.1) is 11.3 Å². The van der Waals surface area contributed by atoms with E-state index in [0.29, 0.717) is 36.7 Å². The second-order valence-corrected chi connectivity index (χ2v) is 22.3. The number of carboxylic acids is 1. The molecule has 7 rings (SSSR count). The van der Waals surface area contributed by atoms with E-state index in [1.54, 1.807) is 23.5 Å². The van der Waals surface area contributed by atoms with Crippen LogP contribution in [0.4, 0.5) is 0 Å². The third-order valence-electron chi connectivity index (χ3n) is 13.5. The molecule has 62 heavy (non-hydrogen) atoms. The van der Waals surface area contributed by atoms with Crippen LogP contribution in [0.5, 0.6) is 11.5 Å². The van der Waals surface area contributed by atoms with Gasteiger partial charge in [-0.3, -0.25) is 4.79 Å². The predicted octanol–water partition coefficient (Wildman–Crippen LogP) is 8.27. The van der Waals surface area contributed by atoms with Crippen molar-refractivity contribution in [1.82, 2.24) is 4.31 Å². The SMILES string of the molecule is COc1ccc(S(=O)(=O)N(CC(C)C)C[C@@H](O)[C@@H](CC(=O)O[C@H]2CO[C@@]3(C)OCC[C@@H]23)Cc2ccc(OC[C@H]3CCCC[C@H]3c3sc4c(c3C(=O)O)CC(C)(C)CC4)cc2)cc1. The summed E-state index contributed by atoms with van der Waals surface area (Å²) in [6, 6.07) is 13.8. The molecule has 4 aliphatic rings. The third-order valence-corrected chi connectivity index (χ3v) is 16.8. The van der Waals surface area contributed by atoms with Gasteiger partial charge in [0.2, 0.25) is 10.0 Å². The summed E-state index contributed by atoms with van der Waals surface area (Å²) in [6.45, 7) is 11.3. The zero-order chi connectivity index (χ0) is 44.4. The van der Waals surface area contributed by atoms with E-state index in [1.165, 1.54) is 28.4 Å². The van der Waals surface area contributed by atoms with E-state index in [-0.39, 0.29) is 66.5 Å². The molecule has 0 bridgehead atoms. The van der Waals surface area contributed by atoms with E-state index in [2.05, 4.69) is 13.8 Å². The largest absolute Gasteiger partial charge is 0.497 e. The summed E-state index contributed by atoms with van der Waals surface area (Å²) < 4.78 is 58.7. The number of aromatic carboxylic acids is 1. The normalized spacial score (nSPS) is 25.6. The van der Waals surface area contributed by atoms with Crippen LogP contribution >= 0.6 is 11.3 Å². The predicted molar refractivity (Wildman–Crippen MR) is 236 cm³/mol. The molecule has 3 aromatic rings. The van der Waals surface area contributed by atoms with E-state index < -0.39 is 45.9 Å². The number of fused-ring (bicyclic) bond motifs is 2. The molecule has 3 fully saturated rings. The van der Waals surface area contributed by atoms with Crippen LogP contribution in [0, 0.1) is 29.1 Å². The van der Waals surface area contributed by atoms with Crippen molar-refractivity contribution in [3.63, 3.8) is 0 Å². The smallest absolute Gasteiger partial charge is 0.337 e. The quantitative estimate of drug-likeness (QED) is 0.118. The Bertz CT molecular complexity index is 2130. The molecule has 1 saturated carbocycles. The van der Waals surface area contributed by atoms with Crippen LogP contribution in [0.3, 0.4) is 0 Å². The van der Waals surface area contributed by atoms with Crippen molar-refractivity contribution in [3.8, 4) is 11.5 Å². The minimum absolute atomic E-state index is 0.0392. The van der Waals surface area contributed by atoms with Gasteiger partial charge in [0.15, 0.2) is 5.79 Å². The second kappa shape index (κ2) is 19.3. The first-order chi connectivity index (χ1) is 29.5. The van der Waals surface area contributed by atoms with Gasteiger partial charge in [-0.1, -0.05) is 52.7 Å². The van der Waals surface area contributed by atoms with Gasteiger partial charge in [0, 0.05) is 40.6 Å². The molecular weight excluding hydrogens is 831 g/mol. The first-order valence-electron chi connectivity index (χ1n) is 22.4. The lowest BCUT2D eigenvalue weighted by Crippen LogP contribution is -2.43. The Kier molecular flexibility index (Phi) is 14.5. The Balaban J connectivity index is 1.06. The van der Waals surface area contributed by atoms with Gasteiger partial charge in [-0.2, -0.15) is 4.31 Å². The van der Waals surface area contributed by atoms with E-state index in [9.17, 15) is 28.2 Å². The molecule has 2 aliphatic carbocycles. The van der Waals surface area contributed by atoms with Gasteiger partial charge in [0.05, 0.1) is 55.8 Å². The third kappa shape index (κ3) is 10.5. The number of methoxy groups -OCH3 is 1. The van der Waals surface area contributed by atoms with Crippen molar-refractivity contribution in [1.29, 1.82) is 0 Å². The fraction of sp³-hybridized carbons (Fsp3) is 0.625. The van der Waals surface area contributed by atoms with Gasteiger partial charge in [-0.25, -0.2) is 13.2 Å². The van der Waals surface area contributed by atoms with Crippen LogP contribution in [0.25, 0.3) is 0 Å². The van der Waals surface area contributed by atoms with Gasteiger partial charge < -0.3 is 33.9 Å². The highest BCUT2D eigenvalue weighted by molar-refractivity contribution is 7.89. The average Bonchev–Trinajstić information content (AvgIpc) is 3.90. The maximum absolute atomic E-state index is 14.0. The Hall–Kier alpha value is -3.53.